The molecule has 0 aliphatic heterocycles. The molecule has 0 bridgehead atoms. The summed E-state index contributed by atoms with van der Waals surface area (Å²) >= 11 is 12.3. The van der Waals surface area contributed by atoms with Gasteiger partial charge in [-0.1, -0.05) is 67.4 Å². The van der Waals surface area contributed by atoms with Gasteiger partial charge in [-0.3, -0.25) is 0 Å². The fourth-order valence-electron chi connectivity index (χ4n) is 4.05. The minimum atomic E-state index is -1.15. The highest BCUT2D eigenvalue weighted by Crippen LogP contribution is 2.54. The van der Waals surface area contributed by atoms with Crippen LogP contribution in [-0.2, 0) is 5.60 Å². The van der Waals surface area contributed by atoms with Crippen molar-refractivity contribution in [2.24, 2.45) is 17.1 Å². The van der Waals surface area contributed by atoms with E-state index >= 15 is 0 Å². The van der Waals surface area contributed by atoms with Gasteiger partial charge >= 0.3 is 0 Å². The molecular formula is C22H25Cl2NO. The van der Waals surface area contributed by atoms with E-state index in [0.29, 0.717) is 16.6 Å². The summed E-state index contributed by atoms with van der Waals surface area (Å²) in [5, 5.41) is 13.3. The second-order valence-electron chi connectivity index (χ2n) is 7.74. The van der Waals surface area contributed by atoms with E-state index in [2.05, 4.69) is 19.9 Å². The summed E-state index contributed by atoms with van der Waals surface area (Å²) < 4.78 is 0. The highest BCUT2D eigenvalue weighted by molar-refractivity contribution is 6.30. The van der Waals surface area contributed by atoms with E-state index < -0.39 is 5.60 Å². The van der Waals surface area contributed by atoms with Crippen molar-refractivity contribution in [3.05, 3.63) is 75.3 Å². The van der Waals surface area contributed by atoms with Crippen molar-refractivity contribution in [2.75, 3.05) is 6.54 Å². The maximum Gasteiger partial charge on any atom is 0.116 e. The Hall–Kier alpha value is -1.32. The molecular weight excluding hydrogens is 365 g/mol. The average molecular weight is 390 g/mol. The number of aliphatic hydroxyl groups is 1. The lowest BCUT2D eigenvalue weighted by Crippen LogP contribution is -2.49. The standard InChI is InChI=1S/C22H25Cl2NO/c1-21(2)11-10-17(14-25)22(26,16-4-3-5-19(24)13-16)20(21)12-15-6-8-18(23)9-7-15/h3-9,12-13,17,26H,10-11,14,25H2,1-2H3. The summed E-state index contributed by atoms with van der Waals surface area (Å²) in [7, 11) is 0. The Balaban J connectivity index is 2.21. The second kappa shape index (κ2) is 7.36. The van der Waals surface area contributed by atoms with Crippen LogP contribution in [0.4, 0.5) is 0 Å². The molecule has 138 valence electrons. The SMILES string of the molecule is CC1(C)CCC(CN)C(O)(c2cccc(Cl)c2)C1=Cc1ccc(Cl)cc1. The van der Waals surface area contributed by atoms with Crippen LogP contribution in [0.15, 0.2) is 54.1 Å². The van der Waals surface area contributed by atoms with Crippen molar-refractivity contribution in [1.29, 1.82) is 0 Å². The van der Waals surface area contributed by atoms with Crippen molar-refractivity contribution >= 4 is 29.3 Å². The molecule has 0 saturated heterocycles. The summed E-state index contributed by atoms with van der Waals surface area (Å²) in [6, 6.07) is 15.1. The zero-order valence-corrected chi connectivity index (χ0v) is 16.7. The van der Waals surface area contributed by atoms with Gasteiger partial charge in [-0.2, -0.15) is 0 Å². The van der Waals surface area contributed by atoms with E-state index in [1.807, 2.05) is 48.5 Å². The Kier molecular flexibility index (Phi) is 5.50. The van der Waals surface area contributed by atoms with Crippen molar-refractivity contribution in [3.8, 4) is 0 Å². The zero-order valence-electron chi connectivity index (χ0n) is 15.2. The van der Waals surface area contributed by atoms with Crippen LogP contribution in [0.3, 0.4) is 0 Å². The molecule has 0 spiro atoms. The molecule has 0 amide bonds. The number of hydrogen-bond acceptors (Lipinski definition) is 2. The van der Waals surface area contributed by atoms with E-state index in [1.54, 1.807) is 0 Å². The monoisotopic (exact) mass is 389 g/mol. The minimum absolute atomic E-state index is 0.0625. The van der Waals surface area contributed by atoms with Crippen molar-refractivity contribution in [3.63, 3.8) is 0 Å². The van der Waals surface area contributed by atoms with Gasteiger partial charge in [0.25, 0.3) is 0 Å². The lowest BCUT2D eigenvalue weighted by molar-refractivity contribution is -0.0299. The Morgan fingerprint density at radius 3 is 2.42 bits per heavy atom. The molecule has 2 unspecified atom stereocenters. The first-order valence-corrected chi connectivity index (χ1v) is 9.69. The minimum Gasteiger partial charge on any atom is -0.380 e. The number of rotatable bonds is 3. The Labute approximate surface area is 165 Å². The van der Waals surface area contributed by atoms with Gasteiger partial charge in [-0.05, 0) is 65.8 Å². The molecule has 2 nitrogen and oxygen atoms in total. The largest absolute Gasteiger partial charge is 0.380 e. The van der Waals surface area contributed by atoms with Crippen molar-refractivity contribution in [1.82, 2.24) is 0 Å². The number of nitrogens with two attached hydrogens (primary N) is 1. The first-order chi connectivity index (χ1) is 12.3. The second-order valence-corrected chi connectivity index (χ2v) is 8.61. The summed E-state index contributed by atoms with van der Waals surface area (Å²) in [4.78, 5) is 0. The molecule has 2 atom stereocenters. The molecule has 2 aromatic rings. The molecule has 4 heteroatoms. The highest BCUT2D eigenvalue weighted by Gasteiger charge is 2.50. The lowest BCUT2D eigenvalue weighted by atomic mass is 9.58. The molecule has 1 fully saturated rings. The van der Waals surface area contributed by atoms with Gasteiger partial charge in [-0.25, -0.2) is 0 Å². The van der Waals surface area contributed by atoms with Crippen LogP contribution >= 0.6 is 23.2 Å². The van der Waals surface area contributed by atoms with Gasteiger partial charge in [0.1, 0.15) is 5.60 Å². The van der Waals surface area contributed by atoms with Crippen molar-refractivity contribution in [2.45, 2.75) is 32.3 Å². The molecule has 0 aromatic heterocycles. The van der Waals surface area contributed by atoms with Crippen LogP contribution in [0, 0.1) is 11.3 Å². The Morgan fingerprint density at radius 1 is 1.12 bits per heavy atom. The predicted octanol–water partition coefficient (Wildman–Crippen LogP) is 5.66. The van der Waals surface area contributed by atoms with Gasteiger partial charge in [0.05, 0.1) is 0 Å². The van der Waals surface area contributed by atoms with E-state index in [1.165, 1.54) is 0 Å². The smallest absolute Gasteiger partial charge is 0.116 e. The molecule has 0 radical (unpaired) electrons. The molecule has 2 aromatic carbocycles. The molecule has 26 heavy (non-hydrogen) atoms. The first-order valence-electron chi connectivity index (χ1n) is 8.94. The van der Waals surface area contributed by atoms with Crippen LogP contribution < -0.4 is 5.73 Å². The van der Waals surface area contributed by atoms with E-state index in [4.69, 9.17) is 28.9 Å². The predicted molar refractivity (Wildman–Crippen MR) is 110 cm³/mol. The normalized spacial score (nSPS) is 26.8. The highest BCUT2D eigenvalue weighted by atomic mass is 35.5. The van der Waals surface area contributed by atoms with E-state index in [-0.39, 0.29) is 11.3 Å². The fraction of sp³-hybridized carbons (Fsp3) is 0.364. The molecule has 3 rings (SSSR count). The maximum atomic E-state index is 12.0. The Morgan fingerprint density at radius 2 is 1.81 bits per heavy atom. The molecule has 1 aliphatic carbocycles. The van der Waals surface area contributed by atoms with Crippen LogP contribution in [0.5, 0.6) is 0 Å². The van der Waals surface area contributed by atoms with Crippen LogP contribution in [-0.4, -0.2) is 11.7 Å². The van der Waals surface area contributed by atoms with Crippen LogP contribution in [0.1, 0.15) is 37.8 Å². The zero-order chi connectivity index (χ0) is 18.9. The summed E-state index contributed by atoms with van der Waals surface area (Å²) in [6.07, 6.45) is 3.92. The summed E-state index contributed by atoms with van der Waals surface area (Å²) in [5.74, 6) is -0.0625. The average Bonchev–Trinajstić information content (AvgIpc) is 2.60. The van der Waals surface area contributed by atoms with E-state index in [9.17, 15) is 5.11 Å². The Bertz CT molecular complexity index is 813. The number of benzene rings is 2. The topological polar surface area (TPSA) is 46.2 Å². The molecule has 1 aliphatic rings. The van der Waals surface area contributed by atoms with Gasteiger partial charge in [0, 0.05) is 16.0 Å². The number of halogens is 2. The van der Waals surface area contributed by atoms with Crippen LogP contribution in [0.2, 0.25) is 10.0 Å². The van der Waals surface area contributed by atoms with Gasteiger partial charge in [-0.15, -0.1) is 0 Å². The molecule has 3 N–H and O–H groups in total. The summed E-state index contributed by atoms with van der Waals surface area (Å²) in [6.45, 7) is 4.77. The lowest BCUT2D eigenvalue weighted by Gasteiger charge is -2.50. The van der Waals surface area contributed by atoms with Gasteiger partial charge in [0.15, 0.2) is 0 Å². The maximum absolute atomic E-state index is 12.0. The summed E-state index contributed by atoms with van der Waals surface area (Å²) in [5.41, 5.74) is 7.54. The van der Waals surface area contributed by atoms with Gasteiger partial charge in [0.2, 0.25) is 0 Å². The fourth-order valence-corrected chi connectivity index (χ4v) is 4.37. The first kappa shape index (κ1) is 19.4. The molecule has 0 heterocycles. The third kappa shape index (κ3) is 3.57. The van der Waals surface area contributed by atoms with Crippen LogP contribution in [0.25, 0.3) is 6.08 Å². The van der Waals surface area contributed by atoms with Crippen molar-refractivity contribution < 1.29 is 5.11 Å². The quantitative estimate of drug-likeness (QED) is 0.710. The van der Waals surface area contributed by atoms with E-state index in [0.717, 1.165) is 29.5 Å². The number of hydrogen-bond donors (Lipinski definition) is 2. The third-order valence-electron chi connectivity index (χ3n) is 5.58. The third-order valence-corrected chi connectivity index (χ3v) is 6.07. The molecule has 1 saturated carbocycles. The van der Waals surface area contributed by atoms with Gasteiger partial charge < -0.3 is 10.8 Å².